The number of nitrogens with one attached hydrogen (secondary N) is 1. The van der Waals surface area contributed by atoms with Gasteiger partial charge in [0.2, 0.25) is 5.82 Å². The minimum Gasteiger partial charge on any atom is -0.497 e. The van der Waals surface area contributed by atoms with E-state index in [0.717, 1.165) is 11.3 Å². The first-order valence-electron chi connectivity index (χ1n) is 5.42. The summed E-state index contributed by atoms with van der Waals surface area (Å²) in [6, 6.07) is 11.4. The zero-order valence-corrected chi connectivity index (χ0v) is 9.92. The van der Waals surface area contributed by atoms with Crippen LogP contribution >= 0.6 is 0 Å². The van der Waals surface area contributed by atoms with Gasteiger partial charge in [0, 0.05) is 12.7 Å². The number of methoxy groups -OCH3 is 1. The molecule has 0 atom stereocenters. The van der Waals surface area contributed by atoms with E-state index in [0.29, 0.717) is 12.4 Å². The lowest BCUT2D eigenvalue weighted by Gasteiger charge is -2.06. The smallest absolute Gasteiger partial charge is 0.234 e. The highest BCUT2D eigenvalue weighted by molar-refractivity contribution is 5.37. The lowest BCUT2D eigenvalue weighted by molar-refractivity contribution is 0.414. The van der Waals surface area contributed by atoms with Gasteiger partial charge < -0.3 is 10.1 Å². The molecule has 1 heterocycles. The fourth-order valence-corrected chi connectivity index (χ4v) is 1.45. The number of benzene rings is 1. The van der Waals surface area contributed by atoms with Crippen LogP contribution in [0.1, 0.15) is 11.4 Å². The van der Waals surface area contributed by atoms with Crippen molar-refractivity contribution in [3.05, 3.63) is 47.9 Å². The molecule has 0 radical (unpaired) electrons. The maximum atomic E-state index is 8.69. The van der Waals surface area contributed by atoms with Gasteiger partial charge in [0.1, 0.15) is 17.6 Å². The quantitative estimate of drug-likeness (QED) is 0.884. The first kappa shape index (κ1) is 11.9. The molecular weight excluding hydrogens is 228 g/mol. The van der Waals surface area contributed by atoms with Gasteiger partial charge in [-0.25, -0.2) is 9.97 Å². The summed E-state index contributed by atoms with van der Waals surface area (Å²) in [6.45, 7) is 0.631. The molecule has 1 aromatic carbocycles. The molecule has 2 rings (SSSR count). The van der Waals surface area contributed by atoms with Crippen LogP contribution in [0.5, 0.6) is 5.75 Å². The van der Waals surface area contributed by atoms with Gasteiger partial charge in [-0.1, -0.05) is 12.1 Å². The third-order valence-electron chi connectivity index (χ3n) is 2.39. The van der Waals surface area contributed by atoms with E-state index in [1.807, 2.05) is 30.3 Å². The molecule has 0 amide bonds. The lowest BCUT2D eigenvalue weighted by atomic mass is 10.2. The van der Waals surface area contributed by atoms with Crippen molar-refractivity contribution in [1.29, 1.82) is 5.26 Å². The summed E-state index contributed by atoms with van der Waals surface area (Å²) < 4.78 is 5.09. The van der Waals surface area contributed by atoms with E-state index in [1.54, 1.807) is 19.4 Å². The molecule has 0 fully saturated rings. The van der Waals surface area contributed by atoms with Crippen molar-refractivity contribution < 1.29 is 4.74 Å². The number of nitrogens with zero attached hydrogens (tertiary/aromatic N) is 3. The summed E-state index contributed by atoms with van der Waals surface area (Å²) in [5.41, 5.74) is 1.10. The topological polar surface area (TPSA) is 70.8 Å². The van der Waals surface area contributed by atoms with Crippen molar-refractivity contribution in [2.24, 2.45) is 0 Å². The summed E-state index contributed by atoms with van der Waals surface area (Å²) in [6.07, 6.45) is 1.56. The van der Waals surface area contributed by atoms with E-state index < -0.39 is 0 Å². The molecule has 0 aliphatic carbocycles. The Morgan fingerprint density at radius 2 is 2.06 bits per heavy atom. The Labute approximate surface area is 105 Å². The Hall–Kier alpha value is -2.61. The van der Waals surface area contributed by atoms with Crippen LogP contribution in [-0.4, -0.2) is 17.1 Å². The van der Waals surface area contributed by atoms with Crippen LogP contribution in [-0.2, 0) is 6.54 Å². The zero-order chi connectivity index (χ0) is 12.8. The van der Waals surface area contributed by atoms with E-state index >= 15 is 0 Å². The van der Waals surface area contributed by atoms with Gasteiger partial charge in [-0.2, -0.15) is 5.26 Å². The average molecular weight is 240 g/mol. The van der Waals surface area contributed by atoms with Crippen LogP contribution in [0.25, 0.3) is 0 Å². The predicted octanol–water partition coefficient (Wildman–Crippen LogP) is 1.97. The zero-order valence-electron chi connectivity index (χ0n) is 9.92. The predicted molar refractivity (Wildman–Crippen MR) is 67.1 cm³/mol. The minimum atomic E-state index is 0.162. The highest BCUT2D eigenvalue weighted by Gasteiger charge is 1.98. The largest absolute Gasteiger partial charge is 0.497 e. The Kier molecular flexibility index (Phi) is 3.72. The van der Waals surface area contributed by atoms with Crippen LogP contribution in [0.2, 0.25) is 0 Å². The second kappa shape index (κ2) is 5.64. The second-order valence-corrected chi connectivity index (χ2v) is 3.58. The van der Waals surface area contributed by atoms with Crippen molar-refractivity contribution in [3.63, 3.8) is 0 Å². The van der Waals surface area contributed by atoms with Crippen LogP contribution in [0, 0.1) is 11.3 Å². The molecule has 2 aromatic rings. The average Bonchev–Trinajstić information content (AvgIpc) is 2.46. The first-order chi connectivity index (χ1) is 8.81. The van der Waals surface area contributed by atoms with Crippen molar-refractivity contribution in [2.45, 2.75) is 6.54 Å². The van der Waals surface area contributed by atoms with E-state index in [9.17, 15) is 0 Å². The maximum Gasteiger partial charge on any atom is 0.234 e. The fourth-order valence-electron chi connectivity index (χ4n) is 1.45. The summed E-state index contributed by atoms with van der Waals surface area (Å²) in [7, 11) is 1.64. The highest BCUT2D eigenvalue weighted by atomic mass is 16.5. The number of nitriles is 1. The number of hydrogen-bond donors (Lipinski definition) is 1. The molecule has 0 saturated carbocycles. The van der Waals surface area contributed by atoms with E-state index in [2.05, 4.69) is 15.3 Å². The third-order valence-corrected chi connectivity index (χ3v) is 2.39. The Morgan fingerprint density at radius 1 is 1.28 bits per heavy atom. The normalized spacial score (nSPS) is 9.56. The third kappa shape index (κ3) is 2.95. The van der Waals surface area contributed by atoms with Crippen LogP contribution < -0.4 is 10.1 Å². The van der Waals surface area contributed by atoms with E-state index in [1.165, 1.54) is 0 Å². The van der Waals surface area contributed by atoms with E-state index in [4.69, 9.17) is 10.00 Å². The Bertz CT molecular complexity index is 560. The van der Waals surface area contributed by atoms with Crippen molar-refractivity contribution in [2.75, 3.05) is 12.4 Å². The number of aromatic nitrogens is 2. The van der Waals surface area contributed by atoms with E-state index in [-0.39, 0.29) is 5.82 Å². The lowest BCUT2D eigenvalue weighted by Crippen LogP contribution is -2.02. The molecule has 5 nitrogen and oxygen atoms in total. The Morgan fingerprint density at radius 3 is 2.72 bits per heavy atom. The second-order valence-electron chi connectivity index (χ2n) is 3.58. The molecule has 1 N–H and O–H groups in total. The SMILES string of the molecule is COc1ccc(CNc2ccnc(C#N)n2)cc1. The van der Waals surface area contributed by atoms with Gasteiger partial charge in [-0.3, -0.25) is 0 Å². The van der Waals surface area contributed by atoms with Gasteiger partial charge in [0.15, 0.2) is 0 Å². The summed E-state index contributed by atoms with van der Waals surface area (Å²) in [5, 5.41) is 11.8. The summed E-state index contributed by atoms with van der Waals surface area (Å²) in [4.78, 5) is 7.84. The minimum absolute atomic E-state index is 0.162. The van der Waals surface area contributed by atoms with Gasteiger partial charge in [-0.05, 0) is 23.8 Å². The molecule has 5 heteroatoms. The van der Waals surface area contributed by atoms with Crippen molar-refractivity contribution in [1.82, 2.24) is 9.97 Å². The number of rotatable bonds is 4. The van der Waals surface area contributed by atoms with Gasteiger partial charge in [0.05, 0.1) is 7.11 Å². The molecule has 0 unspecified atom stereocenters. The first-order valence-corrected chi connectivity index (χ1v) is 5.42. The van der Waals surface area contributed by atoms with Crippen molar-refractivity contribution in [3.8, 4) is 11.8 Å². The molecular formula is C13H12N4O. The number of hydrogen-bond acceptors (Lipinski definition) is 5. The van der Waals surface area contributed by atoms with Crippen LogP contribution in [0.4, 0.5) is 5.82 Å². The van der Waals surface area contributed by atoms with Gasteiger partial charge >= 0.3 is 0 Å². The maximum absolute atomic E-state index is 8.69. The van der Waals surface area contributed by atoms with Gasteiger partial charge in [-0.15, -0.1) is 0 Å². The molecule has 0 aliphatic rings. The molecule has 18 heavy (non-hydrogen) atoms. The molecule has 90 valence electrons. The highest BCUT2D eigenvalue weighted by Crippen LogP contribution is 2.12. The number of anilines is 1. The molecule has 0 aliphatic heterocycles. The van der Waals surface area contributed by atoms with Crippen LogP contribution in [0.15, 0.2) is 36.5 Å². The molecule has 0 saturated heterocycles. The van der Waals surface area contributed by atoms with Crippen molar-refractivity contribution >= 4 is 5.82 Å². The number of ether oxygens (including phenoxy) is 1. The Balaban J connectivity index is 2.00. The standard InChI is InChI=1S/C13H12N4O/c1-18-11-4-2-10(3-5-11)9-16-12-6-7-15-13(8-14)17-12/h2-7H,9H2,1H3,(H,15,16,17). The van der Waals surface area contributed by atoms with Gasteiger partial charge in [0.25, 0.3) is 0 Å². The molecule has 0 spiro atoms. The monoisotopic (exact) mass is 240 g/mol. The summed E-state index contributed by atoms with van der Waals surface area (Å²) in [5.74, 6) is 1.62. The summed E-state index contributed by atoms with van der Waals surface area (Å²) >= 11 is 0. The fraction of sp³-hybridized carbons (Fsp3) is 0.154. The van der Waals surface area contributed by atoms with Crippen LogP contribution in [0.3, 0.4) is 0 Å². The molecule has 1 aromatic heterocycles. The molecule has 0 bridgehead atoms.